The van der Waals surface area contributed by atoms with Gasteiger partial charge in [0.2, 0.25) is 0 Å². The van der Waals surface area contributed by atoms with E-state index in [9.17, 15) is 9.90 Å². The number of carboxylic acids is 1. The van der Waals surface area contributed by atoms with Gasteiger partial charge in [0.1, 0.15) is 5.54 Å². The minimum Gasteiger partial charge on any atom is -0.480 e. The lowest BCUT2D eigenvalue weighted by molar-refractivity contribution is -0.150. The first-order chi connectivity index (χ1) is 9.98. The average molecular weight is 289 g/mol. The second-order valence-corrected chi connectivity index (χ2v) is 6.63. The summed E-state index contributed by atoms with van der Waals surface area (Å²) in [7, 11) is 0. The monoisotopic (exact) mass is 289 g/mol. The Morgan fingerprint density at radius 2 is 1.90 bits per heavy atom. The molecule has 0 aromatic heterocycles. The van der Waals surface area contributed by atoms with Gasteiger partial charge >= 0.3 is 5.97 Å². The molecule has 0 bridgehead atoms. The van der Waals surface area contributed by atoms with Crippen LogP contribution in [0.4, 0.5) is 0 Å². The van der Waals surface area contributed by atoms with Crippen LogP contribution >= 0.6 is 0 Å². The van der Waals surface area contributed by atoms with Crippen molar-refractivity contribution < 1.29 is 9.90 Å². The fraction of sp³-hybridized carbons (Fsp3) is 0.611. The Hall–Kier alpha value is -1.35. The Labute approximate surface area is 128 Å². The highest BCUT2D eigenvalue weighted by molar-refractivity contribution is 5.79. The Balaban J connectivity index is 2.08. The van der Waals surface area contributed by atoms with Crippen LogP contribution in [0.25, 0.3) is 0 Å². The minimum atomic E-state index is -0.668. The number of hydrogen-bond acceptors (Lipinski definition) is 2. The molecule has 1 unspecified atom stereocenters. The van der Waals surface area contributed by atoms with Crippen molar-refractivity contribution in [3.8, 4) is 0 Å². The SMILES string of the molecule is CCC1(C(=O)O)CCCN1Cc1ccc(CC(C)C)cc1. The summed E-state index contributed by atoms with van der Waals surface area (Å²) in [4.78, 5) is 13.8. The summed E-state index contributed by atoms with van der Waals surface area (Å²) in [5, 5.41) is 9.61. The number of rotatable bonds is 6. The molecule has 3 heteroatoms. The van der Waals surface area contributed by atoms with E-state index in [0.29, 0.717) is 12.3 Å². The summed E-state index contributed by atoms with van der Waals surface area (Å²) in [6.45, 7) is 8.05. The molecule has 1 aromatic rings. The molecular weight excluding hydrogens is 262 g/mol. The molecule has 1 heterocycles. The number of carboxylic acid groups (broad SMARTS) is 1. The zero-order valence-corrected chi connectivity index (χ0v) is 13.4. The van der Waals surface area contributed by atoms with E-state index in [1.807, 2.05) is 6.92 Å². The molecule has 3 nitrogen and oxygen atoms in total. The summed E-state index contributed by atoms with van der Waals surface area (Å²) in [5.74, 6) is -0.00638. The van der Waals surface area contributed by atoms with Crippen LogP contribution in [0.15, 0.2) is 24.3 Å². The zero-order chi connectivity index (χ0) is 15.5. The van der Waals surface area contributed by atoms with Crippen molar-refractivity contribution in [1.82, 2.24) is 4.90 Å². The number of carbonyl (C=O) groups is 1. The van der Waals surface area contributed by atoms with Crippen LogP contribution in [0.3, 0.4) is 0 Å². The van der Waals surface area contributed by atoms with Crippen LogP contribution in [0.2, 0.25) is 0 Å². The zero-order valence-electron chi connectivity index (χ0n) is 13.4. The molecule has 0 spiro atoms. The molecule has 0 radical (unpaired) electrons. The van der Waals surface area contributed by atoms with Crippen LogP contribution < -0.4 is 0 Å². The molecule has 21 heavy (non-hydrogen) atoms. The highest BCUT2D eigenvalue weighted by atomic mass is 16.4. The molecule has 1 aliphatic heterocycles. The van der Waals surface area contributed by atoms with Crippen LogP contribution in [0.1, 0.15) is 51.2 Å². The van der Waals surface area contributed by atoms with Gasteiger partial charge in [-0.3, -0.25) is 9.69 Å². The summed E-state index contributed by atoms with van der Waals surface area (Å²) < 4.78 is 0. The fourth-order valence-electron chi connectivity index (χ4n) is 3.43. The van der Waals surface area contributed by atoms with Gasteiger partial charge in [0.15, 0.2) is 0 Å². The fourth-order valence-corrected chi connectivity index (χ4v) is 3.43. The number of aliphatic carboxylic acids is 1. The molecule has 1 saturated heterocycles. The van der Waals surface area contributed by atoms with Gasteiger partial charge < -0.3 is 5.11 Å². The predicted molar refractivity (Wildman–Crippen MR) is 85.3 cm³/mol. The Kier molecular flexibility index (Phi) is 5.04. The third kappa shape index (κ3) is 3.46. The van der Waals surface area contributed by atoms with E-state index in [2.05, 4.69) is 43.0 Å². The number of likely N-dealkylation sites (tertiary alicyclic amines) is 1. The number of nitrogens with zero attached hydrogens (tertiary/aromatic N) is 1. The van der Waals surface area contributed by atoms with Gasteiger partial charge in [-0.05, 0) is 49.3 Å². The van der Waals surface area contributed by atoms with Gasteiger partial charge in [0.25, 0.3) is 0 Å². The predicted octanol–water partition coefficient (Wildman–Crippen LogP) is 3.71. The van der Waals surface area contributed by atoms with Gasteiger partial charge in [-0.1, -0.05) is 45.0 Å². The Bertz CT molecular complexity index is 480. The Morgan fingerprint density at radius 1 is 1.29 bits per heavy atom. The maximum atomic E-state index is 11.7. The maximum Gasteiger partial charge on any atom is 0.324 e. The molecule has 0 saturated carbocycles. The van der Waals surface area contributed by atoms with E-state index >= 15 is 0 Å². The lowest BCUT2D eigenvalue weighted by Gasteiger charge is -2.34. The van der Waals surface area contributed by atoms with Crippen molar-refractivity contribution in [3.63, 3.8) is 0 Å². The summed E-state index contributed by atoms with van der Waals surface area (Å²) in [6.07, 6.45) is 3.52. The van der Waals surface area contributed by atoms with Gasteiger partial charge in [0.05, 0.1) is 0 Å². The average Bonchev–Trinajstić information content (AvgIpc) is 2.84. The van der Waals surface area contributed by atoms with Crippen molar-refractivity contribution >= 4 is 5.97 Å². The van der Waals surface area contributed by atoms with E-state index in [-0.39, 0.29) is 0 Å². The van der Waals surface area contributed by atoms with E-state index in [1.165, 1.54) is 11.1 Å². The summed E-state index contributed by atoms with van der Waals surface area (Å²) in [6, 6.07) is 8.66. The first-order valence-electron chi connectivity index (χ1n) is 8.04. The standard InChI is InChI=1S/C18H27NO2/c1-4-18(17(20)21)10-5-11-19(18)13-16-8-6-15(7-9-16)12-14(2)3/h6-9,14H,4-5,10-13H2,1-3H3,(H,20,21). The second kappa shape index (κ2) is 6.61. The van der Waals surface area contributed by atoms with E-state index in [0.717, 1.165) is 32.4 Å². The van der Waals surface area contributed by atoms with E-state index < -0.39 is 11.5 Å². The summed E-state index contributed by atoms with van der Waals surface area (Å²) in [5.41, 5.74) is 1.91. The molecule has 1 atom stereocenters. The third-order valence-electron chi connectivity index (χ3n) is 4.65. The largest absolute Gasteiger partial charge is 0.480 e. The van der Waals surface area contributed by atoms with Crippen LogP contribution in [-0.4, -0.2) is 28.1 Å². The molecule has 1 aromatic carbocycles. The smallest absolute Gasteiger partial charge is 0.324 e. The molecule has 1 aliphatic rings. The molecule has 1 fully saturated rings. The first-order valence-corrected chi connectivity index (χ1v) is 8.04. The van der Waals surface area contributed by atoms with Gasteiger partial charge in [-0.25, -0.2) is 0 Å². The lowest BCUT2D eigenvalue weighted by Crippen LogP contribution is -2.49. The van der Waals surface area contributed by atoms with Crippen LogP contribution in [0.5, 0.6) is 0 Å². The van der Waals surface area contributed by atoms with Crippen molar-refractivity contribution in [2.45, 2.75) is 58.5 Å². The van der Waals surface area contributed by atoms with Crippen molar-refractivity contribution in [2.75, 3.05) is 6.54 Å². The van der Waals surface area contributed by atoms with Crippen molar-refractivity contribution in [1.29, 1.82) is 0 Å². The van der Waals surface area contributed by atoms with E-state index in [1.54, 1.807) is 0 Å². The van der Waals surface area contributed by atoms with E-state index in [4.69, 9.17) is 0 Å². The van der Waals surface area contributed by atoms with Gasteiger partial charge in [-0.2, -0.15) is 0 Å². The van der Waals surface area contributed by atoms with Crippen molar-refractivity contribution in [2.24, 2.45) is 5.92 Å². The molecule has 116 valence electrons. The molecule has 0 amide bonds. The number of benzene rings is 1. The molecule has 0 aliphatic carbocycles. The second-order valence-electron chi connectivity index (χ2n) is 6.63. The first kappa shape index (κ1) is 16.0. The van der Waals surface area contributed by atoms with Gasteiger partial charge in [0, 0.05) is 6.54 Å². The molecular formula is C18H27NO2. The lowest BCUT2D eigenvalue weighted by atomic mass is 9.92. The third-order valence-corrected chi connectivity index (χ3v) is 4.65. The minimum absolute atomic E-state index is 0.656. The highest BCUT2D eigenvalue weighted by Gasteiger charge is 2.45. The Morgan fingerprint density at radius 3 is 2.43 bits per heavy atom. The molecule has 2 rings (SSSR count). The topological polar surface area (TPSA) is 40.5 Å². The normalized spacial score (nSPS) is 22.9. The maximum absolute atomic E-state index is 11.7. The van der Waals surface area contributed by atoms with Crippen LogP contribution in [-0.2, 0) is 17.8 Å². The summed E-state index contributed by atoms with van der Waals surface area (Å²) >= 11 is 0. The molecule has 1 N–H and O–H groups in total. The quantitative estimate of drug-likeness (QED) is 0.868. The van der Waals surface area contributed by atoms with Crippen molar-refractivity contribution in [3.05, 3.63) is 35.4 Å². The number of hydrogen-bond donors (Lipinski definition) is 1. The van der Waals surface area contributed by atoms with Crippen LogP contribution in [0, 0.1) is 5.92 Å². The van der Waals surface area contributed by atoms with Gasteiger partial charge in [-0.15, -0.1) is 0 Å². The highest BCUT2D eigenvalue weighted by Crippen LogP contribution is 2.34.